The van der Waals surface area contributed by atoms with Crippen molar-refractivity contribution in [2.75, 3.05) is 7.11 Å². The van der Waals surface area contributed by atoms with Gasteiger partial charge in [0.25, 0.3) is 0 Å². The van der Waals surface area contributed by atoms with E-state index >= 15 is 0 Å². The van der Waals surface area contributed by atoms with Crippen LogP contribution in [0.1, 0.15) is 5.69 Å². The van der Waals surface area contributed by atoms with Crippen LogP contribution in [0.4, 0.5) is 0 Å². The first kappa shape index (κ1) is 16.8. The van der Waals surface area contributed by atoms with E-state index in [1.165, 1.54) is 5.56 Å². The van der Waals surface area contributed by atoms with Crippen LogP contribution in [0.3, 0.4) is 0 Å². The van der Waals surface area contributed by atoms with Gasteiger partial charge in [0, 0.05) is 0 Å². The van der Waals surface area contributed by atoms with Gasteiger partial charge in [-0.2, -0.15) is 0 Å². The SMILES string of the molecule is COc1ccc(-n2cc(COc3ccc(-c4ccccc4)cc3)nn2)cc1. The average Bonchev–Trinajstić information content (AvgIpc) is 3.22. The summed E-state index contributed by atoms with van der Waals surface area (Å²) >= 11 is 0. The van der Waals surface area contributed by atoms with Crippen molar-refractivity contribution in [2.24, 2.45) is 0 Å². The summed E-state index contributed by atoms with van der Waals surface area (Å²) in [6.45, 7) is 0.362. The van der Waals surface area contributed by atoms with Crippen LogP contribution in [-0.4, -0.2) is 22.1 Å². The minimum atomic E-state index is 0.362. The van der Waals surface area contributed by atoms with Crippen molar-refractivity contribution in [2.45, 2.75) is 6.61 Å². The van der Waals surface area contributed by atoms with Gasteiger partial charge in [-0.1, -0.05) is 47.7 Å². The smallest absolute Gasteiger partial charge is 0.134 e. The van der Waals surface area contributed by atoms with Crippen molar-refractivity contribution in [1.82, 2.24) is 15.0 Å². The molecule has 5 heteroatoms. The lowest BCUT2D eigenvalue weighted by Gasteiger charge is -2.06. The van der Waals surface area contributed by atoms with E-state index in [1.807, 2.05) is 60.8 Å². The third kappa shape index (κ3) is 3.98. The lowest BCUT2D eigenvalue weighted by molar-refractivity contribution is 0.301. The Balaban J connectivity index is 1.39. The fraction of sp³-hybridized carbons (Fsp3) is 0.0909. The van der Waals surface area contributed by atoms with E-state index in [9.17, 15) is 0 Å². The summed E-state index contributed by atoms with van der Waals surface area (Å²) < 4.78 is 12.7. The van der Waals surface area contributed by atoms with Crippen molar-refractivity contribution >= 4 is 0 Å². The summed E-state index contributed by atoms with van der Waals surface area (Å²) in [6, 6.07) is 26.0. The van der Waals surface area contributed by atoms with E-state index in [1.54, 1.807) is 11.8 Å². The minimum absolute atomic E-state index is 0.362. The summed E-state index contributed by atoms with van der Waals surface area (Å²) in [5.41, 5.74) is 4.03. The van der Waals surface area contributed by atoms with Crippen LogP contribution in [0.2, 0.25) is 0 Å². The van der Waals surface area contributed by atoms with Gasteiger partial charge in [0.1, 0.15) is 23.8 Å². The highest BCUT2D eigenvalue weighted by atomic mass is 16.5. The Morgan fingerprint density at radius 1 is 0.778 bits per heavy atom. The molecule has 1 heterocycles. The van der Waals surface area contributed by atoms with E-state index in [-0.39, 0.29) is 0 Å². The van der Waals surface area contributed by atoms with Crippen molar-refractivity contribution in [3.05, 3.63) is 90.8 Å². The van der Waals surface area contributed by atoms with Gasteiger partial charge in [-0.15, -0.1) is 5.10 Å². The Labute approximate surface area is 157 Å². The zero-order valence-electron chi connectivity index (χ0n) is 14.9. The van der Waals surface area contributed by atoms with Gasteiger partial charge in [0.2, 0.25) is 0 Å². The van der Waals surface area contributed by atoms with E-state index < -0.39 is 0 Å². The Morgan fingerprint density at radius 2 is 1.44 bits per heavy atom. The van der Waals surface area contributed by atoms with Crippen LogP contribution in [0.15, 0.2) is 85.1 Å². The molecule has 1 aromatic heterocycles. The zero-order valence-corrected chi connectivity index (χ0v) is 14.9. The van der Waals surface area contributed by atoms with Crippen molar-refractivity contribution in [3.63, 3.8) is 0 Å². The van der Waals surface area contributed by atoms with Crippen LogP contribution in [0.5, 0.6) is 11.5 Å². The Kier molecular flexibility index (Phi) is 4.83. The molecule has 0 atom stereocenters. The molecule has 27 heavy (non-hydrogen) atoms. The second-order valence-electron chi connectivity index (χ2n) is 6.03. The maximum absolute atomic E-state index is 5.83. The average molecular weight is 357 g/mol. The summed E-state index contributed by atoms with van der Waals surface area (Å²) in [6.07, 6.45) is 1.86. The zero-order chi connectivity index (χ0) is 18.5. The maximum Gasteiger partial charge on any atom is 0.134 e. The van der Waals surface area contributed by atoms with E-state index in [2.05, 4.69) is 34.6 Å². The summed E-state index contributed by atoms with van der Waals surface area (Å²) in [5, 5.41) is 8.33. The largest absolute Gasteiger partial charge is 0.497 e. The number of hydrogen-bond acceptors (Lipinski definition) is 4. The van der Waals surface area contributed by atoms with Crippen LogP contribution >= 0.6 is 0 Å². The molecule has 0 aliphatic carbocycles. The first-order chi connectivity index (χ1) is 13.3. The maximum atomic E-state index is 5.83. The molecule has 0 aliphatic heterocycles. The number of methoxy groups -OCH3 is 1. The minimum Gasteiger partial charge on any atom is -0.497 e. The molecule has 0 saturated heterocycles. The topological polar surface area (TPSA) is 49.2 Å². The van der Waals surface area contributed by atoms with Crippen molar-refractivity contribution in [1.29, 1.82) is 0 Å². The third-order valence-electron chi connectivity index (χ3n) is 4.23. The van der Waals surface area contributed by atoms with Gasteiger partial charge in [-0.05, 0) is 47.5 Å². The van der Waals surface area contributed by atoms with Gasteiger partial charge in [0.05, 0.1) is 19.0 Å². The Bertz CT molecular complexity index is 994. The molecule has 4 aromatic rings. The second-order valence-corrected chi connectivity index (χ2v) is 6.03. The molecule has 0 unspecified atom stereocenters. The number of aromatic nitrogens is 3. The molecule has 0 spiro atoms. The number of rotatable bonds is 6. The van der Waals surface area contributed by atoms with Crippen molar-refractivity contribution < 1.29 is 9.47 Å². The predicted octanol–water partition coefficient (Wildman–Crippen LogP) is 4.52. The molecule has 0 saturated carbocycles. The number of hydrogen-bond donors (Lipinski definition) is 0. The molecular weight excluding hydrogens is 338 g/mol. The van der Waals surface area contributed by atoms with E-state index in [0.717, 1.165) is 28.4 Å². The van der Waals surface area contributed by atoms with Crippen LogP contribution in [0, 0.1) is 0 Å². The van der Waals surface area contributed by atoms with Crippen molar-refractivity contribution in [3.8, 4) is 28.3 Å². The van der Waals surface area contributed by atoms with Gasteiger partial charge in [-0.3, -0.25) is 0 Å². The molecule has 0 bridgehead atoms. The molecule has 134 valence electrons. The second kappa shape index (κ2) is 7.74. The van der Waals surface area contributed by atoms with Gasteiger partial charge >= 0.3 is 0 Å². The fourth-order valence-corrected chi connectivity index (χ4v) is 2.76. The van der Waals surface area contributed by atoms with E-state index in [4.69, 9.17) is 9.47 Å². The Morgan fingerprint density at radius 3 is 2.15 bits per heavy atom. The van der Waals surface area contributed by atoms with Crippen LogP contribution in [0.25, 0.3) is 16.8 Å². The van der Waals surface area contributed by atoms with Gasteiger partial charge in [0.15, 0.2) is 0 Å². The predicted molar refractivity (Wildman–Crippen MR) is 104 cm³/mol. The van der Waals surface area contributed by atoms with E-state index in [0.29, 0.717) is 6.61 Å². The quantitative estimate of drug-likeness (QED) is 0.509. The standard InChI is InChI=1S/C22H19N3O2/c1-26-21-13-9-20(10-14-21)25-15-19(23-24-25)16-27-22-11-7-18(8-12-22)17-5-3-2-4-6-17/h2-15H,16H2,1H3. The molecule has 0 radical (unpaired) electrons. The number of benzene rings is 3. The first-order valence-electron chi connectivity index (χ1n) is 8.66. The number of nitrogens with zero attached hydrogens (tertiary/aromatic N) is 3. The third-order valence-corrected chi connectivity index (χ3v) is 4.23. The highest BCUT2D eigenvalue weighted by molar-refractivity contribution is 5.63. The fourth-order valence-electron chi connectivity index (χ4n) is 2.76. The first-order valence-corrected chi connectivity index (χ1v) is 8.66. The summed E-state index contributed by atoms with van der Waals surface area (Å²) in [7, 11) is 1.65. The Hall–Kier alpha value is -3.60. The van der Waals surface area contributed by atoms with Crippen LogP contribution < -0.4 is 9.47 Å². The molecule has 5 nitrogen and oxygen atoms in total. The highest BCUT2D eigenvalue weighted by Gasteiger charge is 2.05. The monoisotopic (exact) mass is 357 g/mol. The van der Waals surface area contributed by atoms with Gasteiger partial charge in [-0.25, -0.2) is 4.68 Å². The normalized spacial score (nSPS) is 10.6. The number of ether oxygens (including phenoxy) is 2. The summed E-state index contributed by atoms with van der Waals surface area (Å²) in [4.78, 5) is 0. The van der Waals surface area contributed by atoms with Gasteiger partial charge < -0.3 is 9.47 Å². The van der Waals surface area contributed by atoms with Crippen LogP contribution in [-0.2, 0) is 6.61 Å². The molecular formula is C22H19N3O2. The summed E-state index contributed by atoms with van der Waals surface area (Å²) in [5.74, 6) is 1.61. The molecule has 0 amide bonds. The molecule has 4 rings (SSSR count). The lowest BCUT2D eigenvalue weighted by atomic mass is 10.1. The molecule has 0 aliphatic rings. The molecule has 0 fully saturated rings. The molecule has 0 N–H and O–H groups in total. The lowest BCUT2D eigenvalue weighted by Crippen LogP contribution is -1.96. The molecule has 3 aromatic carbocycles. The highest BCUT2D eigenvalue weighted by Crippen LogP contribution is 2.22.